The quantitative estimate of drug-likeness (QED) is 0.370. The van der Waals surface area contributed by atoms with E-state index in [0.717, 1.165) is 29.9 Å². The molecule has 0 radical (unpaired) electrons. The van der Waals surface area contributed by atoms with Crippen molar-refractivity contribution in [2.45, 2.75) is 25.8 Å². The van der Waals surface area contributed by atoms with Crippen LogP contribution in [0.5, 0.6) is 0 Å². The third-order valence-corrected chi connectivity index (χ3v) is 4.82. The highest BCUT2D eigenvalue weighted by molar-refractivity contribution is 7.80. The van der Waals surface area contributed by atoms with Crippen LogP contribution in [0.3, 0.4) is 0 Å². The zero-order valence-electron chi connectivity index (χ0n) is 14.9. The van der Waals surface area contributed by atoms with Gasteiger partial charge in [0.25, 0.3) is 0 Å². The van der Waals surface area contributed by atoms with Gasteiger partial charge in [0, 0.05) is 24.3 Å². The number of hydrogen-bond donors (Lipinski definition) is 1. The van der Waals surface area contributed by atoms with E-state index in [2.05, 4.69) is 42.2 Å². The molecule has 0 amide bonds. The van der Waals surface area contributed by atoms with Crippen molar-refractivity contribution in [2.24, 2.45) is 0 Å². The van der Waals surface area contributed by atoms with Gasteiger partial charge in [0.15, 0.2) is 0 Å². The standard InChI is InChI=1S/C15H26N3.CH4O4S/c1-4-11-18(2,3)15-9-10-17(12-15)14-7-5-13(16)6-8-14;1-5-6(2,3)4/h5-8,15H,4,9-12,16H2,1-3H3;1H3,(H,2,3,4)/q+1;/p-1. The summed E-state index contributed by atoms with van der Waals surface area (Å²) in [5.74, 6) is 0. The highest BCUT2D eigenvalue weighted by Crippen LogP contribution is 2.26. The van der Waals surface area contributed by atoms with E-state index < -0.39 is 10.4 Å². The molecule has 0 saturated carbocycles. The number of hydrogen-bond acceptors (Lipinski definition) is 6. The highest BCUT2D eigenvalue weighted by atomic mass is 32.3. The molecule has 1 aromatic carbocycles. The normalized spacial score (nSPS) is 18.2. The predicted octanol–water partition coefficient (Wildman–Crippen LogP) is 1.43. The molecular weight excluding hydrogens is 330 g/mol. The fourth-order valence-electron chi connectivity index (χ4n) is 2.99. The summed E-state index contributed by atoms with van der Waals surface area (Å²) in [5.41, 5.74) is 7.89. The molecule has 1 fully saturated rings. The Morgan fingerprint density at radius 2 is 1.88 bits per heavy atom. The first-order valence-electron chi connectivity index (χ1n) is 8.03. The number of nitrogens with two attached hydrogens (primary N) is 1. The SMILES string of the molecule is CCC[N+](C)(C)C1CCN(c2ccc(N)cc2)C1.COS(=O)(=O)[O-]. The van der Waals surface area contributed by atoms with Crippen molar-refractivity contribution in [3.63, 3.8) is 0 Å². The fraction of sp³-hybridized carbons (Fsp3) is 0.625. The molecule has 1 unspecified atom stereocenters. The van der Waals surface area contributed by atoms with Crippen molar-refractivity contribution in [1.29, 1.82) is 0 Å². The van der Waals surface area contributed by atoms with Gasteiger partial charge in [-0.05, 0) is 30.7 Å². The van der Waals surface area contributed by atoms with Crippen molar-refractivity contribution >= 4 is 21.8 Å². The van der Waals surface area contributed by atoms with Gasteiger partial charge in [-0.1, -0.05) is 6.92 Å². The molecule has 0 bridgehead atoms. The van der Waals surface area contributed by atoms with Crippen LogP contribution in [0.1, 0.15) is 19.8 Å². The molecule has 1 aliphatic heterocycles. The number of nitrogens with zero attached hydrogens (tertiary/aromatic N) is 2. The second kappa shape index (κ2) is 8.66. The van der Waals surface area contributed by atoms with Gasteiger partial charge in [-0.15, -0.1) is 0 Å². The van der Waals surface area contributed by atoms with Crippen molar-refractivity contribution in [3.05, 3.63) is 24.3 Å². The summed E-state index contributed by atoms with van der Waals surface area (Å²) in [6.45, 7) is 5.86. The molecule has 1 atom stereocenters. The fourth-order valence-corrected chi connectivity index (χ4v) is 2.99. The summed E-state index contributed by atoms with van der Waals surface area (Å²) < 4.78 is 32.2. The molecular formula is C16H29N3O4S. The minimum absolute atomic E-state index is 0.752. The minimum atomic E-state index is -4.41. The molecule has 0 aromatic heterocycles. The van der Waals surface area contributed by atoms with Crippen molar-refractivity contribution in [2.75, 3.05) is 51.5 Å². The molecule has 0 spiro atoms. The van der Waals surface area contributed by atoms with Crippen LogP contribution in [0.4, 0.5) is 11.4 Å². The summed E-state index contributed by atoms with van der Waals surface area (Å²) in [6.07, 6.45) is 2.54. The van der Waals surface area contributed by atoms with Crippen LogP contribution in [0, 0.1) is 0 Å². The van der Waals surface area contributed by atoms with Crippen LogP contribution < -0.4 is 10.6 Å². The van der Waals surface area contributed by atoms with Gasteiger partial charge in [-0.3, -0.25) is 4.18 Å². The minimum Gasteiger partial charge on any atom is -0.726 e. The zero-order chi connectivity index (χ0) is 18.4. The molecule has 1 aromatic rings. The lowest BCUT2D eigenvalue weighted by molar-refractivity contribution is -0.912. The summed E-state index contributed by atoms with van der Waals surface area (Å²) in [5, 5.41) is 0. The van der Waals surface area contributed by atoms with Crippen LogP contribution in [0.25, 0.3) is 0 Å². The number of quaternary nitrogens is 1. The molecule has 1 heterocycles. The summed E-state index contributed by atoms with van der Waals surface area (Å²) in [7, 11) is 1.12. The predicted molar refractivity (Wildman–Crippen MR) is 95.4 cm³/mol. The van der Waals surface area contributed by atoms with Crippen molar-refractivity contribution in [3.8, 4) is 0 Å². The Labute approximate surface area is 145 Å². The molecule has 24 heavy (non-hydrogen) atoms. The Hall–Kier alpha value is -1.35. The van der Waals surface area contributed by atoms with Crippen molar-refractivity contribution < 1.29 is 21.6 Å². The Balaban J connectivity index is 0.000000413. The van der Waals surface area contributed by atoms with Gasteiger partial charge in [0.1, 0.15) is 6.04 Å². The largest absolute Gasteiger partial charge is 0.726 e. The molecule has 2 rings (SSSR count). The van der Waals surface area contributed by atoms with Gasteiger partial charge in [-0.2, -0.15) is 0 Å². The van der Waals surface area contributed by atoms with Crippen LogP contribution in [0.15, 0.2) is 24.3 Å². The maximum Gasteiger partial charge on any atom is 0.217 e. The highest BCUT2D eigenvalue weighted by Gasteiger charge is 2.34. The van der Waals surface area contributed by atoms with E-state index in [-0.39, 0.29) is 0 Å². The molecule has 2 N–H and O–H groups in total. The van der Waals surface area contributed by atoms with E-state index in [4.69, 9.17) is 5.73 Å². The van der Waals surface area contributed by atoms with E-state index in [0.29, 0.717) is 0 Å². The summed E-state index contributed by atoms with van der Waals surface area (Å²) >= 11 is 0. The molecule has 1 saturated heterocycles. The molecule has 8 heteroatoms. The Kier molecular flexibility index (Phi) is 7.47. The molecule has 7 nitrogen and oxygen atoms in total. The Morgan fingerprint density at radius 3 is 2.33 bits per heavy atom. The lowest BCUT2D eigenvalue weighted by Crippen LogP contribution is -2.50. The second-order valence-corrected chi connectivity index (χ2v) is 7.71. The van der Waals surface area contributed by atoms with Crippen molar-refractivity contribution in [1.82, 2.24) is 0 Å². The number of anilines is 2. The van der Waals surface area contributed by atoms with E-state index in [1.807, 2.05) is 12.1 Å². The van der Waals surface area contributed by atoms with E-state index in [1.54, 1.807) is 0 Å². The third kappa shape index (κ3) is 6.64. The van der Waals surface area contributed by atoms with Crippen LogP contribution in [-0.4, -0.2) is 64.3 Å². The van der Waals surface area contributed by atoms with Crippen LogP contribution in [0.2, 0.25) is 0 Å². The van der Waals surface area contributed by atoms with Gasteiger partial charge < -0.3 is 19.7 Å². The van der Waals surface area contributed by atoms with Crippen LogP contribution >= 0.6 is 0 Å². The molecule has 0 aliphatic carbocycles. The third-order valence-electron chi connectivity index (χ3n) is 4.41. The topological polar surface area (TPSA) is 95.7 Å². The van der Waals surface area contributed by atoms with Gasteiger partial charge in [-0.25, -0.2) is 8.42 Å². The van der Waals surface area contributed by atoms with Gasteiger partial charge >= 0.3 is 0 Å². The summed E-state index contributed by atoms with van der Waals surface area (Å²) in [4.78, 5) is 2.49. The van der Waals surface area contributed by atoms with Gasteiger partial charge in [0.2, 0.25) is 10.4 Å². The maximum atomic E-state index is 9.22. The first-order valence-corrected chi connectivity index (χ1v) is 9.37. The summed E-state index contributed by atoms with van der Waals surface area (Å²) in [6, 6.07) is 9.01. The average Bonchev–Trinajstić information content (AvgIpc) is 2.98. The number of benzene rings is 1. The lowest BCUT2D eigenvalue weighted by Gasteiger charge is -2.36. The average molecular weight is 359 g/mol. The first-order chi connectivity index (χ1) is 11.1. The number of likely N-dealkylation sites (N-methyl/N-ethyl adjacent to an activating group) is 1. The molecule has 138 valence electrons. The first kappa shape index (κ1) is 20.7. The lowest BCUT2D eigenvalue weighted by atomic mass is 10.2. The Morgan fingerprint density at radius 1 is 1.33 bits per heavy atom. The van der Waals surface area contributed by atoms with Gasteiger partial charge in [0.05, 0.1) is 34.3 Å². The second-order valence-electron chi connectivity index (χ2n) is 6.56. The molecule has 1 aliphatic rings. The zero-order valence-corrected chi connectivity index (χ0v) is 15.8. The van der Waals surface area contributed by atoms with Crippen LogP contribution in [-0.2, 0) is 14.6 Å². The van der Waals surface area contributed by atoms with E-state index in [9.17, 15) is 13.0 Å². The smallest absolute Gasteiger partial charge is 0.217 e. The maximum absolute atomic E-state index is 9.22. The monoisotopic (exact) mass is 359 g/mol. The van der Waals surface area contributed by atoms with E-state index >= 15 is 0 Å². The number of nitrogen functional groups attached to an aromatic ring is 1. The number of rotatable bonds is 5. The van der Waals surface area contributed by atoms with E-state index in [1.165, 1.54) is 31.6 Å². The Bertz CT molecular complexity index is 602.